The van der Waals surface area contributed by atoms with Gasteiger partial charge in [0.15, 0.2) is 11.5 Å². The number of carbonyl (C=O) groups is 2. The Labute approximate surface area is 181 Å². The highest BCUT2D eigenvalue weighted by Gasteiger charge is 2.40. The van der Waals surface area contributed by atoms with Gasteiger partial charge < -0.3 is 19.7 Å². The first-order valence-electron chi connectivity index (χ1n) is 9.90. The lowest BCUT2D eigenvalue weighted by Crippen LogP contribution is -2.47. The summed E-state index contributed by atoms with van der Waals surface area (Å²) in [5.74, 6) is 1.71. The summed E-state index contributed by atoms with van der Waals surface area (Å²) in [5.41, 5.74) is 3.25. The topological polar surface area (TPSA) is 67.9 Å². The molecule has 0 saturated carbocycles. The number of hydrogen-bond donors (Lipinski definition) is 1. The van der Waals surface area contributed by atoms with Crippen molar-refractivity contribution in [2.45, 2.75) is 31.7 Å². The van der Waals surface area contributed by atoms with E-state index in [1.807, 2.05) is 49.4 Å². The zero-order valence-corrected chi connectivity index (χ0v) is 18.6. The molecule has 0 spiro atoms. The summed E-state index contributed by atoms with van der Waals surface area (Å²) in [5, 5.41) is 2.85. The van der Waals surface area contributed by atoms with E-state index in [9.17, 15) is 9.59 Å². The maximum Gasteiger partial charge on any atom is 0.243 e. The SMILES string of the molecule is COc1ccc(CCNC(=O)[C@@H]2CS[C@@H](c3ccc(C)cc3)N2C(C)=O)cc1OC. The molecule has 7 heteroatoms. The molecule has 0 radical (unpaired) electrons. The van der Waals surface area contributed by atoms with E-state index in [-0.39, 0.29) is 17.2 Å². The van der Waals surface area contributed by atoms with E-state index >= 15 is 0 Å². The first-order chi connectivity index (χ1) is 14.4. The van der Waals surface area contributed by atoms with Gasteiger partial charge in [-0.05, 0) is 36.6 Å². The summed E-state index contributed by atoms with van der Waals surface area (Å²) in [6, 6.07) is 13.4. The lowest BCUT2D eigenvalue weighted by molar-refractivity contribution is -0.138. The molecule has 1 aliphatic rings. The van der Waals surface area contributed by atoms with Crippen LogP contribution in [-0.4, -0.2) is 49.3 Å². The number of nitrogens with one attached hydrogen (secondary N) is 1. The normalized spacial score (nSPS) is 18.2. The quantitative estimate of drug-likeness (QED) is 0.733. The number of aryl methyl sites for hydroxylation is 1. The summed E-state index contributed by atoms with van der Waals surface area (Å²) in [7, 11) is 3.20. The van der Waals surface area contributed by atoms with Gasteiger partial charge in [0.1, 0.15) is 11.4 Å². The fraction of sp³-hybridized carbons (Fsp3) is 0.391. The van der Waals surface area contributed by atoms with Crippen LogP contribution in [0.15, 0.2) is 42.5 Å². The van der Waals surface area contributed by atoms with Crippen LogP contribution in [0.1, 0.15) is 29.0 Å². The minimum absolute atomic E-state index is 0.0920. The van der Waals surface area contributed by atoms with Gasteiger partial charge in [-0.2, -0.15) is 0 Å². The minimum atomic E-state index is -0.468. The number of amides is 2. The predicted molar refractivity (Wildman–Crippen MR) is 119 cm³/mol. The fourth-order valence-corrected chi connectivity index (χ4v) is 5.05. The number of nitrogens with zero attached hydrogens (tertiary/aromatic N) is 1. The molecule has 2 atom stereocenters. The van der Waals surface area contributed by atoms with Crippen molar-refractivity contribution >= 4 is 23.6 Å². The Morgan fingerprint density at radius 3 is 2.43 bits per heavy atom. The van der Waals surface area contributed by atoms with Crippen molar-refractivity contribution in [3.05, 3.63) is 59.2 Å². The standard InChI is InChI=1S/C23H28N2O4S/c1-15-5-8-18(9-6-15)23-25(16(2)26)19(14-30-23)22(27)24-12-11-17-7-10-20(28-3)21(13-17)29-4/h5-10,13,19,23H,11-12,14H2,1-4H3,(H,24,27)/t19-,23-/m0/s1. The summed E-state index contributed by atoms with van der Waals surface area (Å²) >= 11 is 1.63. The van der Waals surface area contributed by atoms with Gasteiger partial charge in [-0.25, -0.2) is 0 Å². The minimum Gasteiger partial charge on any atom is -0.493 e. The molecule has 30 heavy (non-hydrogen) atoms. The molecule has 6 nitrogen and oxygen atoms in total. The zero-order valence-electron chi connectivity index (χ0n) is 17.8. The fourth-order valence-electron chi connectivity index (χ4n) is 3.56. The third-order valence-electron chi connectivity index (χ3n) is 5.19. The van der Waals surface area contributed by atoms with Crippen molar-refractivity contribution in [3.8, 4) is 11.5 Å². The van der Waals surface area contributed by atoms with Gasteiger partial charge in [0.2, 0.25) is 11.8 Å². The molecule has 3 rings (SSSR count). The molecule has 0 unspecified atom stereocenters. The van der Waals surface area contributed by atoms with Crippen LogP contribution in [0.4, 0.5) is 0 Å². The summed E-state index contributed by atoms with van der Waals surface area (Å²) in [4.78, 5) is 26.9. The van der Waals surface area contributed by atoms with E-state index in [0.29, 0.717) is 30.2 Å². The number of carbonyl (C=O) groups excluding carboxylic acids is 2. The Bertz CT molecular complexity index is 901. The summed E-state index contributed by atoms with van der Waals surface area (Å²) < 4.78 is 10.6. The molecular weight excluding hydrogens is 400 g/mol. The third kappa shape index (κ3) is 4.90. The van der Waals surface area contributed by atoms with Crippen molar-refractivity contribution in [3.63, 3.8) is 0 Å². The molecule has 2 amide bonds. The third-order valence-corrected chi connectivity index (χ3v) is 6.51. The van der Waals surface area contributed by atoms with E-state index in [1.165, 1.54) is 12.5 Å². The lowest BCUT2D eigenvalue weighted by atomic mass is 10.1. The Balaban J connectivity index is 1.62. The number of ether oxygens (including phenoxy) is 2. The second-order valence-corrected chi connectivity index (χ2v) is 8.38. The average molecular weight is 429 g/mol. The maximum atomic E-state index is 12.8. The number of methoxy groups -OCH3 is 2. The molecule has 0 aliphatic carbocycles. The van der Waals surface area contributed by atoms with Gasteiger partial charge in [-0.1, -0.05) is 35.9 Å². The molecule has 1 aliphatic heterocycles. The Morgan fingerprint density at radius 1 is 1.10 bits per heavy atom. The Hall–Kier alpha value is -2.67. The zero-order chi connectivity index (χ0) is 21.7. The van der Waals surface area contributed by atoms with Gasteiger partial charge >= 0.3 is 0 Å². The van der Waals surface area contributed by atoms with Crippen LogP contribution in [0.25, 0.3) is 0 Å². The van der Waals surface area contributed by atoms with Gasteiger partial charge in [0, 0.05) is 19.2 Å². The van der Waals surface area contributed by atoms with E-state index in [1.54, 1.807) is 30.9 Å². The molecule has 1 saturated heterocycles. The van der Waals surface area contributed by atoms with Crippen LogP contribution in [-0.2, 0) is 16.0 Å². The van der Waals surface area contributed by atoms with E-state index in [0.717, 1.165) is 11.1 Å². The molecule has 2 aromatic carbocycles. The van der Waals surface area contributed by atoms with Crippen LogP contribution in [0.2, 0.25) is 0 Å². The number of hydrogen-bond acceptors (Lipinski definition) is 5. The highest BCUT2D eigenvalue weighted by Crippen LogP contribution is 2.41. The van der Waals surface area contributed by atoms with Crippen LogP contribution in [0.5, 0.6) is 11.5 Å². The van der Waals surface area contributed by atoms with E-state index < -0.39 is 6.04 Å². The van der Waals surface area contributed by atoms with Crippen LogP contribution >= 0.6 is 11.8 Å². The largest absolute Gasteiger partial charge is 0.493 e. The maximum absolute atomic E-state index is 12.8. The van der Waals surface area contributed by atoms with Gasteiger partial charge in [-0.3, -0.25) is 9.59 Å². The molecule has 0 aromatic heterocycles. The van der Waals surface area contributed by atoms with Gasteiger partial charge in [0.25, 0.3) is 0 Å². The Kier molecular flexibility index (Phi) is 7.26. The monoisotopic (exact) mass is 428 g/mol. The molecule has 2 aromatic rings. The molecule has 1 fully saturated rings. The van der Waals surface area contributed by atoms with Crippen LogP contribution in [0.3, 0.4) is 0 Å². The molecule has 0 bridgehead atoms. The number of rotatable bonds is 7. The smallest absolute Gasteiger partial charge is 0.243 e. The van der Waals surface area contributed by atoms with Crippen molar-refractivity contribution < 1.29 is 19.1 Å². The van der Waals surface area contributed by atoms with E-state index in [4.69, 9.17) is 9.47 Å². The highest BCUT2D eigenvalue weighted by molar-refractivity contribution is 7.99. The van der Waals surface area contributed by atoms with Crippen molar-refractivity contribution in [1.82, 2.24) is 10.2 Å². The molecule has 1 heterocycles. The second kappa shape index (κ2) is 9.89. The van der Waals surface area contributed by atoms with Gasteiger partial charge in [0.05, 0.1) is 14.2 Å². The molecule has 1 N–H and O–H groups in total. The van der Waals surface area contributed by atoms with Crippen LogP contribution < -0.4 is 14.8 Å². The summed E-state index contributed by atoms with van der Waals surface area (Å²) in [6.45, 7) is 4.04. The highest BCUT2D eigenvalue weighted by atomic mass is 32.2. The first-order valence-corrected chi connectivity index (χ1v) is 10.9. The molecule has 160 valence electrons. The number of benzene rings is 2. The summed E-state index contributed by atoms with van der Waals surface area (Å²) in [6.07, 6.45) is 0.660. The van der Waals surface area contributed by atoms with Crippen molar-refractivity contribution in [2.24, 2.45) is 0 Å². The van der Waals surface area contributed by atoms with Crippen LogP contribution in [0, 0.1) is 6.92 Å². The molecular formula is C23H28N2O4S. The lowest BCUT2D eigenvalue weighted by Gasteiger charge is -2.28. The van der Waals surface area contributed by atoms with Crippen molar-refractivity contribution in [1.29, 1.82) is 0 Å². The second-order valence-electron chi connectivity index (χ2n) is 7.27. The van der Waals surface area contributed by atoms with Crippen molar-refractivity contribution in [2.75, 3.05) is 26.5 Å². The first kappa shape index (κ1) is 22.0. The predicted octanol–water partition coefficient (Wildman–Crippen LogP) is 3.33. The van der Waals surface area contributed by atoms with E-state index in [2.05, 4.69) is 5.32 Å². The Morgan fingerprint density at radius 2 is 1.80 bits per heavy atom. The van der Waals surface area contributed by atoms with Gasteiger partial charge in [-0.15, -0.1) is 11.8 Å². The average Bonchev–Trinajstić information content (AvgIpc) is 3.19. The number of thioether (sulfide) groups is 1.